The van der Waals surface area contributed by atoms with E-state index in [1.165, 1.54) is 18.2 Å². The van der Waals surface area contributed by atoms with Crippen LogP contribution in [0.3, 0.4) is 0 Å². The van der Waals surface area contributed by atoms with Gasteiger partial charge in [0.05, 0.1) is 21.5 Å². The number of nitro groups is 1. The largest absolute Gasteiger partial charge is 0.283 e. The fraction of sp³-hybridized carbons (Fsp3) is 0.0500. The molecule has 0 aromatic heterocycles. The molecule has 0 aliphatic carbocycles. The van der Waals surface area contributed by atoms with E-state index in [4.69, 9.17) is 40.1 Å². The molecule has 32 heavy (non-hydrogen) atoms. The summed E-state index contributed by atoms with van der Waals surface area (Å²) in [7, 11) is 0. The van der Waals surface area contributed by atoms with Crippen molar-refractivity contribution >= 4 is 77.5 Å². The van der Waals surface area contributed by atoms with Gasteiger partial charge in [-0.2, -0.15) is 5.26 Å². The summed E-state index contributed by atoms with van der Waals surface area (Å²) in [5.74, 6) is 0. The van der Waals surface area contributed by atoms with Crippen LogP contribution in [0.15, 0.2) is 86.3 Å². The molecule has 0 spiro atoms. The number of thiol groups is 2. The zero-order chi connectivity index (χ0) is 22.3. The summed E-state index contributed by atoms with van der Waals surface area (Å²) >= 11 is 27.5. The van der Waals surface area contributed by atoms with Gasteiger partial charge in [0, 0.05) is 65.3 Å². The number of rotatable bonds is 3. The second-order valence-electron chi connectivity index (χ2n) is 5.67. The van der Waals surface area contributed by atoms with E-state index >= 15 is 0 Å². The summed E-state index contributed by atoms with van der Waals surface area (Å²) < 4.78 is -1.41. The average molecular weight is 647 g/mol. The van der Waals surface area contributed by atoms with Crippen molar-refractivity contribution < 1.29 is 43.9 Å². The van der Waals surface area contributed by atoms with Crippen LogP contribution < -0.4 is 0 Å². The Kier molecular flexibility index (Phi) is 14.7. The predicted octanol–water partition coefficient (Wildman–Crippen LogP) is 7.70. The van der Waals surface area contributed by atoms with Crippen LogP contribution in [0.1, 0.15) is 11.1 Å². The van der Waals surface area contributed by atoms with Gasteiger partial charge >= 0.3 is 0 Å². The summed E-state index contributed by atoms with van der Waals surface area (Å²) in [5, 5.41) is 18.8. The third-order valence-electron chi connectivity index (χ3n) is 3.56. The Labute approximate surface area is 241 Å². The topological polar surface area (TPSA) is 66.9 Å². The third kappa shape index (κ3) is 9.91. The molecule has 158 valence electrons. The fourth-order valence-electron chi connectivity index (χ4n) is 2.13. The first-order valence-corrected chi connectivity index (χ1v) is 11.0. The van der Waals surface area contributed by atoms with E-state index in [0.717, 1.165) is 14.7 Å². The van der Waals surface area contributed by atoms with Gasteiger partial charge in [0.2, 0.25) is 3.79 Å². The Balaban J connectivity index is 0.000000607. The molecule has 0 aliphatic heterocycles. The number of benzene rings is 3. The van der Waals surface area contributed by atoms with Gasteiger partial charge < -0.3 is 0 Å². The van der Waals surface area contributed by atoms with Gasteiger partial charge in [0.15, 0.2) is 0 Å². The van der Waals surface area contributed by atoms with Gasteiger partial charge in [-0.05, 0) is 36.4 Å². The van der Waals surface area contributed by atoms with Gasteiger partial charge in [-0.3, -0.25) is 10.1 Å². The second kappa shape index (κ2) is 14.9. The summed E-state index contributed by atoms with van der Waals surface area (Å²) in [6.45, 7) is 0. The zero-order valence-corrected chi connectivity index (χ0v) is 27.2. The number of alkyl halides is 3. The van der Waals surface area contributed by atoms with Gasteiger partial charge in [-0.1, -0.05) is 70.8 Å². The Morgan fingerprint density at radius 1 is 0.938 bits per heavy atom. The van der Waals surface area contributed by atoms with Gasteiger partial charge in [-0.15, -0.1) is 25.3 Å². The number of nitriles is 1. The van der Waals surface area contributed by atoms with Crippen LogP contribution in [0.4, 0.5) is 5.69 Å². The molecule has 0 heterocycles. The van der Waals surface area contributed by atoms with Crippen molar-refractivity contribution in [1.29, 1.82) is 5.26 Å². The number of nitro benzene ring substituents is 1. The maximum atomic E-state index is 10.3. The maximum Gasteiger partial charge on any atom is 0.283 e. The molecule has 0 bridgehead atoms. The van der Waals surface area contributed by atoms with Crippen molar-refractivity contribution in [2.45, 2.75) is 23.4 Å². The van der Waals surface area contributed by atoms with Crippen molar-refractivity contribution in [2.24, 2.45) is 0 Å². The molecule has 0 amide bonds. The number of halogens is 3. The monoisotopic (exact) mass is 642 g/mol. The Bertz CT molecular complexity index is 1100. The molecular formula is C20H13Cl3N2O2S3Zn2. The van der Waals surface area contributed by atoms with E-state index in [2.05, 4.69) is 25.3 Å². The fourth-order valence-corrected chi connectivity index (χ4v) is 3.88. The van der Waals surface area contributed by atoms with Gasteiger partial charge in [-0.25, -0.2) is 0 Å². The molecule has 0 saturated carbocycles. The molecule has 12 heteroatoms. The van der Waals surface area contributed by atoms with E-state index in [1.54, 1.807) is 17.8 Å². The zero-order valence-electron chi connectivity index (χ0n) is 16.4. The molecule has 0 aliphatic rings. The minimum Gasteiger partial charge on any atom is -0.258 e. The van der Waals surface area contributed by atoms with Gasteiger partial charge in [0.25, 0.3) is 5.69 Å². The summed E-state index contributed by atoms with van der Waals surface area (Å²) in [6.07, 6.45) is 0. The smallest absolute Gasteiger partial charge is 0.258 e. The Hall–Kier alpha value is -0.283. The first-order valence-electron chi connectivity index (χ1n) is 8.12. The van der Waals surface area contributed by atoms with Crippen molar-refractivity contribution in [3.63, 3.8) is 0 Å². The first-order chi connectivity index (χ1) is 14.1. The molecule has 0 saturated heterocycles. The van der Waals surface area contributed by atoms with E-state index < -0.39 is 8.72 Å². The summed E-state index contributed by atoms with van der Waals surface area (Å²) in [4.78, 5) is 13.0. The van der Waals surface area contributed by atoms with E-state index in [0.29, 0.717) is 5.56 Å². The Morgan fingerprint density at radius 2 is 1.53 bits per heavy atom. The number of hydrogen-bond acceptors (Lipinski definition) is 6. The predicted molar refractivity (Wildman–Crippen MR) is 129 cm³/mol. The van der Waals surface area contributed by atoms with Crippen LogP contribution in [-0.4, -0.2) is 4.92 Å². The number of hydrogen-bond donors (Lipinski definition) is 2. The van der Waals surface area contributed by atoms with E-state index in [9.17, 15) is 10.1 Å². The van der Waals surface area contributed by atoms with Crippen LogP contribution in [0.25, 0.3) is 0 Å². The molecule has 3 rings (SSSR count). The van der Waals surface area contributed by atoms with Crippen LogP contribution in [-0.2, 0) is 42.7 Å². The summed E-state index contributed by atoms with van der Waals surface area (Å²) in [6, 6.07) is 21.4. The molecule has 0 radical (unpaired) electrons. The van der Waals surface area contributed by atoms with Crippen LogP contribution in [0.2, 0.25) is 0 Å². The molecule has 0 fully saturated rings. The second-order valence-corrected chi connectivity index (χ2v) is 10.0. The SMILES string of the molecule is N#Cc1ccc(S)c([N+](=O)[O-])c1.Sc1ccc(C(Cl)(Cl)Cl)cc1Sc1ccccc1.[Zn].[Zn]. The molecular weight excluding hydrogens is 634 g/mol. The molecule has 0 atom stereocenters. The van der Waals surface area contributed by atoms with Crippen LogP contribution >= 0.6 is 71.8 Å². The quantitative estimate of drug-likeness (QED) is 0.101. The average Bonchev–Trinajstić information content (AvgIpc) is 2.70. The normalized spacial score (nSPS) is 9.88. The number of nitrogens with zero attached hydrogens (tertiary/aromatic N) is 2. The van der Waals surface area contributed by atoms with Crippen molar-refractivity contribution in [3.8, 4) is 6.07 Å². The minimum absolute atomic E-state index is 0. The van der Waals surface area contributed by atoms with Crippen molar-refractivity contribution in [3.05, 3.63) is 88.0 Å². The van der Waals surface area contributed by atoms with Gasteiger partial charge in [0.1, 0.15) is 0 Å². The van der Waals surface area contributed by atoms with Crippen LogP contribution in [0.5, 0.6) is 0 Å². The van der Waals surface area contributed by atoms with E-state index in [-0.39, 0.29) is 55.1 Å². The third-order valence-corrected chi connectivity index (χ3v) is 6.20. The minimum atomic E-state index is -1.41. The standard InChI is InChI=1S/C13H9Cl3S2.C7H4N2O2S.2Zn/c14-13(15,16)9-6-7-11(17)12(8-9)18-10-4-2-1-3-5-10;8-4-5-1-2-7(12)6(3-5)9(10)11;;/h1-8,17H;1-3,12H;;. The molecule has 3 aromatic carbocycles. The molecule has 3 aromatic rings. The van der Waals surface area contributed by atoms with Crippen molar-refractivity contribution in [1.82, 2.24) is 0 Å². The molecule has 0 unspecified atom stereocenters. The Morgan fingerprint density at radius 3 is 2.06 bits per heavy atom. The van der Waals surface area contributed by atoms with E-state index in [1.807, 2.05) is 48.5 Å². The van der Waals surface area contributed by atoms with Crippen molar-refractivity contribution in [2.75, 3.05) is 0 Å². The molecule has 4 nitrogen and oxygen atoms in total. The van der Waals surface area contributed by atoms with Crippen LogP contribution in [0, 0.1) is 21.4 Å². The summed E-state index contributed by atoms with van der Waals surface area (Å²) in [5.41, 5.74) is 0.764. The molecule has 0 N–H and O–H groups in total. The maximum absolute atomic E-state index is 10.3. The first kappa shape index (κ1) is 31.7.